The summed E-state index contributed by atoms with van der Waals surface area (Å²) in [5.74, 6) is 0. The van der Waals surface area contributed by atoms with Crippen molar-refractivity contribution in [1.29, 1.82) is 0 Å². The number of carbonyl (C=O) groups excluding carboxylic acids is 1. The van der Waals surface area contributed by atoms with Crippen molar-refractivity contribution in [3.8, 4) is 0 Å². The van der Waals surface area contributed by atoms with Crippen molar-refractivity contribution < 1.29 is 14.6 Å². The first-order chi connectivity index (χ1) is 6.61. The van der Waals surface area contributed by atoms with Crippen LogP contribution in [-0.4, -0.2) is 47.9 Å². The highest BCUT2D eigenvalue weighted by Crippen LogP contribution is 2.21. The molecule has 1 saturated heterocycles. The standard InChI is InChI=1S/C9H18N2O3/c1-3-4-7-8(12)6(10)5-11(7)9(13)14-2/h6-8,12H,3-5,10H2,1-2H3/t6-,7-,8+/m0/s1. The molecule has 5 heteroatoms. The van der Waals surface area contributed by atoms with Crippen LogP contribution in [0.15, 0.2) is 0 Å². The topological polar surface area (TPSA) is 75.8 Å². The molecule has 0 radical (unpaired) electrons. The maximum Gasteiger partial charge on any atom is 0.409 e. The van der Waals surface area contributed by atoms with Gasteiger partial charge in [-0.15, -0.1) is 0 Å². The summed E-state index contributed by atoms with van der Waals surface area (Å²) in [5.41, 5.74) is 5.68. The van der Waals surface area contributed by atoms with Gasteiger partial charge in [0.15, 0.2) is 0 Å². The second-order valence-corrected chi connectivity index (χ2v) is 3.63. The van der Waals surface area contributed by atoms with Gasteiger partial charge in [-0.25, -0.2) is 4.79 Å². The van der Waals surface area contributed by atoms with E-state index in [-0.39, 0.29) is 12.1 Å². The van der Waals surface area contributed by atoms with E-state index in [1.54, 1.807) is 0 Å². The molecule has 14 heavy (non-hydrogen) atoms. The number of aliphatic hydroxyl groups is 1. The number of methoxy groups -OCH3 is 1. The molecule has 0 unspecified atom stereocenters. The third-order valence-electron chi connectivity index (χ3n) is 2.63. The first kappa shape index (κ1) is 11.3. The van der Waals surface area contributed by atoms with E-state index in [0.29, 0.717) is 6.54 Å². The van der Waals surface area contributed by atoms with E-state index in [1.807, 2.05) is 6.92 Å². The Morgan fingerprint density at radius 1 is 1.71 bits per heavy atom. The number of nitrogens with zero attached hydrogens (tertiary/aromatic N) is 1. The average molecular weight is 202 g/mol. The Hall–Kier alpha value is -0.810. The minimum atomic E-state index is -0.631. The quantitative estimate of drug-likeness (QED) is 0.657. The summed E-state index contributed by atoms with van der Waals surface area (Å²) < 4.78 is 4.63. The molecule has 1 fully saturated rings. The van der Waals surface area contributed by atoms with Crippen molar-refractivity contribution in [3.05, 3.63) is 0 Å². The summed E-state index contributed by atoms with van der Waals surface area (Å²) in [4.78, 5) is 12.8. The molecule has 1 rings (SSSR count). The van der Waals surface area contributed by atoms with Gasteiger partial charge >= 0.3 is 6.09 Å². The molecule has 0 spiro atoms. The minimum Gasteiger partial charge on any atom is -0.453 e. The Morgan fingerprint density at radius 2 is 2.36 bits per heavy atom. The Balaban J connectivity index is 2.69. The Labute approximate surface area is 83.8 Å². The van der Waals surface area contributed by atoms with Crippen LogP contribution >= 0.6 is 0 Å². The van der Waals surface area contributed by atoms with Gasteiger partial charge in [-0.3, -0.25) is 0 Å². The van der Waals surface area contributed by atoms with Gasteiger partial charge < -0.3 is 20.5 Å². The van der Waals surface area contributed by atoms with Gasteiger partial charge in [-0.1, -0.05) is 13.3 Å². The lowest BCUT2D eigenvalue weighted by atomic mass is 10.1. The lowest BCUT2D eigenvalue weighted by Gasteiger charge is -2.24. The normalized spacial score (nSPS) is 32.0. The highest BCUT2D eigenvalue weighted by Gasteiger charge is 2.41. The molecule has 0 aromatic rings. The second kappa shape index (κ2) is 4.61. The molecular weight excluding hydrogens is 184 g/mol. The van der Waals surface area contributed by atoms with Crippen LogP contribution in [0.25, 0.3) is 0 Å². The number of nitrogens with two attached hydrogens (primary N) is 1. The van der Waals surface area contributed by atoms with Gasteiger partial charge in [0.1, 0.15) is 0 Å². The van der Waals surface area contributed by atoms with Crippen LogP contribution in [0.2, 0.25) is 0 Å². The molecule has 1 aliphatic heterocycles. The van der Waals surface area contributed by atoms with Crippen molar-refractivity contribution in [2.24, 2.45) is 5.73 Å². The van der Waals surface area contributed by atoms with Crippen molar-refractivity contribution in [2.45, 2.75) is 38.0 Å². The molecule has 0 aromatic carbocycles. The molecule has 0 aliphatic carbocycles. The lowest BCUT2D eigenvalue weighted by molar-refractivity contribution is 0.0829. The molecule has 1 heterocycles. The maximum atomic E-state index is 11.3. The van der Waals surface area contributed by atoms with Crippen LogP contribution in [0, 0.1) is 0 Å². The summed E-state index contributed by atoms with van der Waals surface area (Å²) in [5, 5.41) is 9.73. The summed E-state index contributed by atoms with van der Waals surface area (Å²) in [7, 11) is 1.33. The molecule has 5 nitrogen and oxygen atoms in total. The van der Waals surface area contributed by atoms with Gasteiger partial charge in [-0.05, 0) is 6.42 Å². The fourth-order valence-electron chi connectivity index (χ4n) is 1.89. The fourth-order valence-corrected chi connectivity index (χ4v) is 1.89. The zero-order valence-electron chi connectivity index (χ0n) is 8.64. The van der Waals surface area contributed by atoms with Crippen molar-refractivity contribution >= 4 is 6.09 Å². The second-order valence-electron chi connectivity index (χ2n) is 3.63. The number of amides is 1. The van der Waals surface area contributed by atoms with E-state index in [9.17, 15) is 9.90 Å². The lowest BCUT2D eigenvalue weighted by Crippen LogP contribution is -2.40. The SMILES string of the molecule is CCC[C@H]1[C@H](O)[C@@H](N)CN1C(=O)OC. The van der Waals surface area contributed by atoms with E-state index < -0.39 is 12.2 Å². The van der Waals surface area contributed by atoms with Crippen molar-refractivity contribution in [1.82, 2.24) is 4.90 Å². The monoisotopic (exact) mass is 202 g/mol. The molecule has 0 bridgehead atoms. The molecule has 1 aliphatic rings. The van der Waals surface area contributed by atoms with Gasteiger partial charge in [0.2, 0.25) is 0 Å². The third-order valence-corrected chi connectivity index (χ3v) is 2.63. The minimum absolute atomic E-state index is 0.192. The van der Waals surface area contributed by atoms with Gasteiger partial charge in [-0.2, -0.15) is 0 Å². The van der Waals surface area contributed by atoms with E-state index in [1.165, 1.54) is 12.0 Å². The third kappa shape index (κ3) is 1.99. The van der Waals surface area contributed by atoms with Crippen LogP contribution in [0.5, 0.6) is 0 Å². The smallest absolute Gasteiger partial charge is 0.409 e. The average Bonchev–Trinajstić information content (AvgIpc) is 2.45. The first-order valence-electron chi connectivity index (χ1n) is 4.90. The van der Waals surface area contributed by atoms with Crippen LogP contribution in [0.4, 0.5) is 4.79 Å². The van der Waals surface area contributed by atoms with Crippen molar-refractivity contribution in [2.75, 3.05) is 13.7 Å². The Kier molecular flexibility index (Phi) is 3.71. The molecular formula is C9H18N2O3. The zero-order valence-corrected chi connectivity index (χ0v) is 8.64. The number of likely N-dealkylation sites (tertiary alicyclic amines) is 1. The van der Waals surface area contributed by atoms with E-state index >= 15 is 0 Å². The summed E-state index contributed by atoms with van der Waals surface area (Å²) in [6, 6.07) is -0.548. The highest BCUT2D eigenvalue weighted by atomic mass is 16.5. The zero-order chi connectivity index (χ0) is 10.7. The van der Waals surface area contributed by atoms with Gasteiger partial charge in [0, 0.05) is 6.54 Å². The van der Waals surface area contributed by atoms with E-state index in [4.69, 9.17) is 5.73 Å². The number of hydrogen-bond acceptors (Lipinski definition) is 4. The Bertz CT molecular complexity index is 210. The van der Waals surface area contributed by atoms with Crippen LogP contribution in [0.1, 0.15) is 19.8 Å². The number of rotatable bonds is 2. The number of carbonyl (C=O) groups is 1. The maximum absolute atomic E-state index is 11.3. The van der Waals surface area contributed by atoms with Gasteiger partial charge in [0.05, 0.1) is 25.3 Å². The van der Waals surface area contributed by atoms with Crippen LogP contribution in [0.3, 0.4) is 0 Å². The molecule has 3 atom stereocenters. The predicted molar refractivity (Wildman–Crippen MR) is 51.8 cm³/mol. The predicted octanol–water partition coefficient (Wildman–Crippen LogP) is -0.0747. The Morgan fingerprint density at radius 3 is 2.86 bits per heavy atom. The molecule has 3 N–H and O–H groups in total. The molecule has 0 aromatic heterocycles. The number of ether oxygens (including phenoxy) is 1. The molecule has 0 saturated carbocycles. The number of hydrogen-bond donors (Lipinski definition) is 2. The largest absolute Gasteiger partial charge is 0.453 e. The highest BCUT2D eigenvalue weighted by molar-refractivity contribution is 5.68. The summed E-state index contributed by atoms with van der Waals surface area (Å²) in [6.07, 6.45) is 0.621. The summed E-state index contributed by atoms with van der Waals surface area (Å²) in [6.45, 7) is 2.38. The fraction of sp³-hybridized carbons (Fsp3) is 0.889. The van der Waals surface area contributed by atoms with E-state index in [0.717, 1.165) is 12.8 Å². The van der Waals surface area contributed by atoms with Gasteiger partial charge in [0.25, 0.3) is 0 Å². The number of aliphatic hydroxyl groups excluding tert-OH is 1. The van der Waals surface area contributed by atoms with E-state index in [2.05, 4.69) is 4.74 Å². The summed E-state index contributed by atoms with van der Waals surface area (Å²) >= 11 is 0. The van der Waals surface area contributed by atoms with Crippen LogP contribution < -0.4 is 5.73 Å². The van der Waals surface area contributed by atoms with Crippen LogP contribution in [-0.2, 0) is 4.74 Å². The first-order valence-corrected chi connectivity index (χ1v) is 4.90. The molecule has 82 valence electrons. The molecule has 1 amide bonds. The van der Waals surface area contributed by atoms with Crippen molar-refractivity contribution in [3.63, 3.8) is 0 Å².